The number of nitrogens with zero attached hydrogens (tertiary/aromatic N) is 3. The van der Waals surface area contributed by atoms with Crippen LogP contribution in [0.5, 0.6) is 5.75 Å². The van der Waals surface area contributed by atoms with E-state index in [1.54, 1.807) is 0 Å². The minimum atomic E-state index is -0.334. The maximum Gasteiger partial charge on any atom is 0.278 e. The Morgan fingerprint density at radius 2 is 1.74 bits per heavy atom. The first-order chi connectivity index (χ1) is 15.0. The monoisotopic (exact) mass is 417 g/mol. The molecule has 4 rings (SSSR count). The summed E-state index contributed by atoms with van der Waals surface area (Å²) in [5.74, 6) is 0.573. The lowest BCUT2D eigenvalue weighted by molar-refractivity contribution is 0.0678. The molecular formula is C25H27N3O3. The van der Waals surface area contributed by atoms with Crippen molar-refractivity contribution in [3.63, 3.8) is 0 Å². The first kappa shape index (κ1) is 20.8. The zero-order valence-corrected chi connectivity index (χ0v) is 18.0. The molecule has 6 nitrogen and oxygen atoms in total. The van der Waals surface area contributed by atoms with Crippen LogP contribution in [-0.2, 0) is 6.42 Å². The molecule has 1 aromatic heterocycles. The zero-order valence-electron chi connectivity index (χ0n) is 18.0. The van der Waals surface area contributed by atoms with Crippen LogP contribution in [0.1, 0.15) is 34.5 Å². The minimum Gasteiger partial charge on any atom is -0.494 e. The van der Waals surface area contributed by atoms with Gasteiger partial charge < -0.3 is 9.64 Å². The van der Waals surface area contributed by atoms with Gasteiger partial charge >= 0.3 is 0 Å². The van der Waals surface area contributed by atoms with Gasteiger partial charge in [-0.2, -0.15) is 9.78 Å². The second-order valence-electron chi connectivity index (χ2n) is 8.07. The molecule has 0 unspecified atom stereocenters. The fourth-order valence-electron chi connectivity index (χ4n) is 4.05. The van der Waals surface area contributed by atoms with Crippen molar-refractivity contribution in [2.75, 3.05) is 20.2 Å². The smallest absolute Gasteiger partial charge is 0.278 e. The van der Waals surface area contributed by atoms with Gasteiger partial charge in [0.1, 0.15) is 0 Å². The molecule has 1 aliphatic heterocycles. The third kappa shape index (κ3) is 4.68. The van der Waals surface area contributed by atoms with Crippen molar-refractivity contribution >= 4 is 5.91 Å². The predicted molar refractivity (Wildman–Crippen MR) is 120 cm³/mol. The summed E-state index contributed by atoms with van der Waals surface area (Å²) < 4.78 is 6.59. The molecule has 0 spiro atoms. The van der Waals surface area contributed by atoms with E-state index in [2.05, 4.69) is 29.4 Å². The Bertz CT molecular complexity index is 1100. The number of amides is 1. The van der Waals surface area contributed by atoms with Crippen molar-refractivity contribution < 1.29 is 9.53 Å². The number of rotatable bonds is 5. The van der Waals surface area contributed by atoms with Crippen molar-refractivity contribution in [1.29, 1.82) is 0 Å². The summed E-state index contributed by atoms with van der Waals surface area (Å²) in [4.78, 5) is 27.6. The summed E-state index contributed by atoms with van der Waals surface area (Å²) in [6.07, 6.45) is 2.92. The van der Waals surface area contributed by atoms with Crippen molar-refractivity contribution in [2.24, 2.45) is 5.92 Å². The summed E-state index contributed by atoms with van der Waals surface area (Å²) in [6, 6.07) is 19.3. The van der Waals surface area contributed by atoms with Crippen LogP contribution >= 0.6 is 0 Å². The number of aryl methyl sites for hydroxylation is 1. The molecule has 1 amide bonds. The zero-order chi connectivity index (χ0) is 21.8. The SMILES string of the molecule is COc1cc(=O)n(-c2ccc(C)cc2)nc1C(=O)N1CCC(Cc2ccccc2)CC1. The molecule has 2 aromatic carbocycles. The van der Waals surface area contributed by atoms with Crippen LogP contribution in [0.4, 0.5) is 0 Å². The molecule has 1 fully saturated rings. The third-order valence-corrected chi connectivity index (χ3v) is 5.87. The van der Waals surface area contributed by atoms with Crippen LogP contribution < -0.4 is 10.3 Å². The Morgan fingerprint density at radius 3 is 2.39 bits per heavy atom. The van der Waals surface area contributed by atoms with E-state index in [1.807, 2.05) is 42.2 Å². The molecular weight excluding hydrogens is 390 g/mol. The molecule has 1 saturated heterocycles. The molecule has 6 heteroatoms. The average molecular weight is 418 g/mol. The number of piperidine rings is 1. The normalized spacial score (nSPS) is 14.5. The van der Waals surface area contributed by atoms with Crippen LogP contribution in [-0.4, -0.2) is 40.8 Å². The van der Waals surface area contributed by atoms with Gasteiger partial charge in [-0.15, -0.1) is 0 Å². The van der Waals surface area contributed by atoms with Crippen LogP contribution in [0.3, 0.4) is 0 Å². The van der Waals surface area contributed by atoms with Gasteiger partial charge in [-0.05, 0) is 49.8 Å². The van der Waals surface area contributed by atoms with Gasteiger partial charge in [-0.3, -0.25) is 9.59 Å². The Kier molecular flexibility index (Phi) is 6.16. The third-order valence-electron chi connectivity index (χ3n) is 5.87. The Balaban J connectivity index is 1.52. The second kappa shape index (κ2) is 9.16. The summed E-state index contributed by atoms with van der Waals surface area (Å²) in [6.45, 7) is 3.32. The first-order valence-corrected chi connectivity index (χ1v) is 10.6. The molecule has 31 heavy (non-hydrogen) atoms. The predicted octanol–water partition coefficient (Wildman–Crippen LogP) is 3.64. The first-order valence-electron chi connectivity index (χ1n) is 10.6. The summed E-state index contributed by atoms with van der Waals surface area (Å²) in [7, 11) is 1.45. The number of methoxy groups -OCH3 is 1. The minimum absolute atomic E-state index is 0.171. The summed E-state index contributed by atoms with van der Waals surface area (Å²) in [5.41, 5.74) is 2.87. The molecule has 0 aliphatic carbocycles. The van der Waals surface area contributed by atoms with Gasteiger partial charge in [-0.1, -0.05) is 48.0 Å². The number of hydrogen-bond donors (Lipinski definition) is 0. The maximum absolute atomic E-state index is 13.3. The fourth-order valence-corrected chi connectivity index (χ4v) is 4.05. The number of carbonyl (C=O) groups is 1. The molecule has 1 aliphatic rings. The van der Waals surface area contributed by atoms with Crippen LogP contribution in [0.25, 0.3) is 5.69 Å². The van der Waals surface area contributed by atoms with Gasteiger partial charge in [-0.25, -0.2) is 0 Å². The number of carbonyl (C=O) groups excluding carboxylic acids is 1. The highest BCUT2D eigenvalue weighted by Crippen LogP contribution is 2.24. The number of benzene rings is 2. The molecule has 0 saturated carbocycles. The molecule has 0 atom stereocenters. The molecule has 160 valence electrons. The van der Waals surface area contributed by atoms with Crippen molar-refractivity contribution in [3.05, 3.63) is 87.8 Å². The van der Waals surface area contributed by atoms with Gasteiger partial charge in [0.2, 0.25) is 0 Å². The van der Waals surface area contributed by atoms with E-state index in [0.717, 1.165) is 24.8 Å². The number of aromatic nitrogens is 2. The lowest BCUT2D eigenvalue weighted by Crippen LogP contribution is -2.40. The van der Waals surface area contributed by atoms with Crippen molar-refractivity contribution in [3.8, 4) is 11.4 Å². The van der Waals surface area contributed by atoms with Gasteiger partial charge in [0.15, 0.2) is 11.4 Å². The van der Waals surface area contributed by atoms with Crippen LogP contribution in [0.2, 0.25) is 0 Å². The van der Waals surface area contributed by atoms with Crippen LogP contribution in [0.15, 0.2) is 65.5 Å². The Morgan fingerprint density at radius 1 is 1.06 bits per heavy atom. The quantitative estimate of drug-likeness (QED) is 0.636. The highest BCUT2D eigenvalue weighted by Gasteiger charge is 2.27. The molecule has 3 aromatic rings. The van der Waals surface area contributed by atoms with Gasteiger partial charge in [0.05, 0.1) is 18.9 Å². The molecule has 0 bridgehead atoms. The van der Waals surface area contributed by atoms with E-state index < -0.39 is 0 Å². The van der Waals surface area contributed by atoms with Crippen molar-refractivity contribution in [1.82, 2.24) is 14.7 Å². The van der Waals surface area contributed by atoms with E-state index in [1.165, 1.54) is 23.4 Å². The van der Waals surface area contributed by atoms with E-state index in [0.29, 0.717) is 24.7 Å². The average Bonchev–Trinajstić information content (AvgIpc) is 2.80. The highest BCUT2D eigenvalue weighted by atomic mass is 16.5. The van der Waals surface area contributed by atoms with E-state index in [4.69, 9.17) is 4.74 Å². The highest BCUT2D eigenvalue weighted by molar-refractivity contribution is 5.94. The van der Waals surface area contributed by atoms with Gasteiger partial charge in [0, 0.05) is 13.1 Å². The number of ether oxygens (including phenoxy) is 1. The van der Waals surface area contributed by atoms with Gasteiger partial charge in [0.25, 0.3) is 11.5 Å². The molecule has 0 radical (unpaired) electrons. The second-order valence-corrected chi connectivity index (χ2v) is 8.07. The van der Waals surface area contributed by atoms with E-state index >= 15 is 0 Å². The van der Waals surface area contributed by atoms with Crippen LogP contribution in [0, 0.1) is 12.8 Å². The standard InChI is InChI=1S/C25H27N3O3/c1-18-8-10-21(11-9-18)28-23(29)17-22(31-2)24(26-28)25(30)27-14-12-20(13-15-27)16-19-6-4-3-5-7-19/h3-11,17,20H,12-16H2,1-2H3. The Hall–Kier alpha value is -3.41. The number of hydrogen-bond acceptors (Lipinski definition) is 4. The Labute approximate surface area is 182 Å². The lowest BCUT2D eigenvalue weighted by Gasteiger charge is -2.32. The lowest BCUT2D eigenvalue weighted by atomic mass is 9.90. The van der Waals surface area contributed by atoms with E-state index in [-0.39, 0.29) is 22.9 Å². The maximum atomic E-state index is 13.3. The summed E-state index contributed by atoms with van der Waals surface area (Å²) in [5, 5.41) is 4.39. The van der Waals surface area contributed by atoms with Crippen molar-refractivity contribution in [2.45, 2.75) is 26.2 Å². The fraction of sp³-hybridized carbons (Fsp3) is 0.320. The molecule has 2 heterocycles. The number of likely N-dealkylation sites (tertiary alicyclic amines) is 1. The molecule has 0 N–H and O–H groups in total. The van der Waals surface area contributed by atoms with E-state index in [9.17, 15) is 9.59 Å². The summed E-state index contributed by atoms with van der Waals surface area (Å²) >= 11 is 0. The topological polar surface area (TPSA) is 64.4 Å². The largest absolute Gasteiger partial charge is 0.494 e.